The summed E-state index contributed by atoms with van der Waals surface area (Å²) in [6.07, 6.45) is 5.63. The molecule has 1 aromatic rings. The van der Waals surface area contributed by atoms with Crippen LogP contribution in [-0.4, -0.2) is 28.7 Å². The number of halogens is 1. The van der Waals surface area contributed by atoms with Crippen molar-refractivity contribution in [3.63, 3.8) is 0 Å². The third kappa shape index (κ3) is 3.12. The molecular weight excluding hydrogens is 250 g/mol. The first-order valence-corrected chi connectivity index (χ1v) is 6.89. The minimum Gasteiger partial charge on any atom is -0.373 e. The Hall–Kier alpha value is -0.870. The van der Waals surface area contributed by atoms with Gasteiger partial charge in [0, 0.05) is 18.7 Å². The van der Waals surface area contributed by atoms with Gasteiger partial charge in [-0.15, -0.1) is 0 Å². The Balaban J connectivity index is 2.06. The zero-order valence-electron chi connectivity index (χ0n) is 11.0. The average molecular weight is 270 g/mol. The Morgan fingerprint density at radius 3 is 3.00 bits per heavy atom. The molecule has 0 aliphatic carbocycles. The summed E-state index contributed by atoms with van der Waals surface area (Å²) < 4.78 is 5.75. The number of hydrogen-bond donors (Lipinski definition) is 1. The van der Waals surface area contributed by atoms with Crippen molar-refractivity contribution in [3.05, 3.63) is 17.0 Å². The lowest BCUT2D eigenvalue weighted by Crippen LogP contribution is -2.33. The Morgan fingerprint density at radius 2 is 2.33 bits per heavy atom. The predicted octanol–water partition coefficient (Wildman–Crippen LogP) is 3.06. The summed E-state index contributed by atoms with van der Waals surface area (Å²) in [5, 5.41) is 3.91. The van der Waals surface area contributed by atoms with Crippen molar-refractivity contribution in [1.29, 1.82) is 0 Å². The first-order chi connectivity index (χ1) is 8.64. The molecular formula is C13H20ClN3O. The highest BCUT2D eigenvalue weighted by Crippen LogP contribution is 2.27. The van der Waals surface area contributed by atoms with Crippen molar-refractivity contribution in [2.45, 2.75) is 45.1 Å². The Morgan fingerprint density at radius 1 is 1.50 bits per heavy atom. The molecule has 0 aromatic carbocycles. The molecule has 0 amide bonds. The van der Waals surface area contributed by atoms with Gasteiger partial charge in [-0.25, -0.2) is 9.97 Å². The summed E-state index contributed by atoms with van der Waals surface area (Å²) >= 11 is 6.12. The molecule has 100 valence electrons. The van der Waals surface area contributed by atoms with Crippen LogP contribution in [0.5, 0.6) is 0 Å². The minimum atomic E-state index is -0.0824. The maximum absolute atomic E-state index is 6.12. The van der Waals surface area contributed by atoms with Crippen molar-refractivity contribution in [1.82, 2.24) is 9.97 Å². The van der Waals surface area contributed by atoms with Crippen LogP contribution in [0, 0.1) is 0 Å². The highest BCUT2D eigenvalue weighted by molar-refractivity contribution is 6.30. The molecule has 1 N–H and O–H groups in total. The van der Waals surface area contributed by atoms with Gasteiger partial charge < -0.3 is 10.1 Å². The lowest BCUT2D eigenvalue weighted by Gasteiger charge is -2.24. The van der Waals surface area contributed by atoms with Gasteiger partial charge in [0.25, 0.3) is 0 Å². The van der Waals surface area contributed by atoms with Gasteiger partial charge in [0.15, 0.2) is 0 Å². The standard InChI is InChI=1S/C13H20ClN3O/c1-3-5-10-11(14)16-9-17-12(10)15-8-13(2)6-4-7-18-13/h9H,3-8H2,1-2H3,(H,15,16,17). The quantitative estimate of drug-likeness (QED) is 0.835. The number of anilines is 1. The van der Waals surface area contributed by atoms with Gasteiger partial charge >= 0.3 is 0 Å². The summed E-state index contributed by atoms with van der Waals surface area (Å²) in [6.45, 7) is 5.87. The van der Waals surface area contributed by atoms with Crippen LogP contribution in [0.2, 0.25) is 5.15 Å². The van der Waals surface area contributed by atoms with E-state index >= 15 is 0 Å². The molecule has 1 aromatic heterocycles. The molecule has 1 aliphatic heterocycles. The fourth-order valence-electron chi connectivity index (χ4n) is 2.26. The van der Waals surface area contributed by atoms with E-state index in [1.54, 1.807) is 0 Å². The van der Waals surface area contributed by atoms with E-state index in [-0.39, 0.29) is 5.60 Å². The van der Waals surface area contributed by atoms with Gasteiger partial charge in [0.1, 0.15) is 17.3 Å². The summed E-state index contributed by atoms with van der Waals surface area (Å²) in [7, 11) is 0. The second kappa shape index (κ2) is 5.85. The Labute approximate surface area is 113 Å². The van der Waals surface area contributed by atoms with E-state index in [2.05, 4.69) is 29.1 Å². The molecule has 0 spiro atoms. The molecule has 0 radical (unpaired) electrons. The molecule has 0 saturated carbocycles. The maximum atomic E-state index is 6.12. The molecule has 2 rings (SSSR count). The van der Waals surface area contributed by atoms with Crippen LogP contribution in [0.15, 0.2) is 6.33 Å². The van der Waals surface area contributed by atoms with Gasteiger partial charge in [-0.05, 0) is 26.2 Å². The van der Waals surface area contributed by atoms with Crippen LogP contribution >= 0.6 is 11.6 Å². The number of aromatic nitrogens is 2. The van der Waals surface area contributed by atoms with Gasteiger partial charge in [0.2, 0.25) is 0 Å². The third-order valence-electron chi connectivity index (χ3n) is 3.32. The number of ether oxygens (including phenoxy) is 1. The average Bonchev–Trinajstić information content (AvgIpc) is 2.78. The number of hydrogen-bond acceptors (Lipinski definition) is 4. The lowest BCUT2D eigenvalue weighted by atomic mass is 10.0. The fourth-order valence-corrected chi connectivity index (χ4v) is 2.49. The molecule has 1 aliphatic rings. The number of nitrogens with zero attached hydrogens (tertiary/aromatic N) is 2. The van der Waals surface area contributed by atoms with Crippen molar-refractivity contribution in [2.75, 3.05) is 18.5 Å². The van der Waals surface area contributed by atoms with Crippen LogP contribution in [0.1, 0.15) is 38.7 Å². The normalized spacial score (nSPS) is 23.3. The van der Waals surface area contributed by atoms with Crippen LogP contribution in [-0.2, 0) is 11.2 Å². The Kier molecular flexibility index (Phi) is 4.40. The van der Waals surface area contributed by atoms with E-state index in [1.807, 2.05) is 0 Å². The highest BCUT2D eigenvalue weighted by Gasteiger charge is 2.29. The first-order valence-electron chi connectivity index (χ1n) is 6.52. The SMILES string of the molecule is CCCc1c(Cl)ncnc1NCC1(C)CCCO1. The van der Waals surface area contributed by atoms with Crippen molar-refractivity contribution in [3.8, 4) is 0 Å². The fraction of sp³-hybridized carbons (Fsp3) is 0.692. The summed E-state index contributed by atoms with van der Waals surface area (Å²) in [5.41, 5.74) is 0.921. The number of rotatable bonds is 5. The van der Waals surface area contributed by atoms with Crippen LogP contribution in [0.4, 0.5) is 5.82 Å². The first kappa shape index (κ1) is 13.6. The van der Waals surface area contributed by atoms with Crippen molar-refractivity contribution >= 4 is 17.4 Å². The molecule has 18 heavy (non-hydrogen) atoms. The second-order valence-corrected chi connectivity index (χ2v) is 5.36. The van der Waals surface area contributed by atoms with Crippen molar-refractivity contribution in [2.24, 2.45) is 0 Å². The van der Waals surface area contributed by atoms with Gasteiger partial charge in [0.05, 0.1) is 5.60 Å². The van der Waals surface area contributed by atoms with Gasteiger partial charge in [-0.3, -0.25) is 0 Å². The minimum absolute atomic E-state index is 0.0824. The van der Waals surface area contributed by atoms with E-state index < -0.39 is 0 Å². The van der Waals surface area contributed by atoms with Crippen LogP contribution in [0.3, 0.4) is 0 Å². The lowest BCUT2D eigenvalue weighted by molar-refractivity contribution is 0.0314. The predicted molar refractivity (Wildman–Crippen MR) is 73.1 cm³/mol. The second-order valence-electron chi connectivity index (χ2n) is 5.00. The van der Waals surface area contributed by atoms with E-state index in [9.17, 15) is 0 Å². The zero-order valence-corrected chi connectivity index (χ0v) is 11.8. The molecule has 4 nitrogen and oxygen atoms in total. The highest BCUT2D eigenvalue weighted by atomic mass is 35.5. The number of nitrogens with one attached hydrogen (secondary N) is 1. The maximum Gasteiger partial charge on any atom is 0.137 e. The van der Waals surface area contributed by atoms with E-state index in [1.165, 1.54) is 6.33 Å². The summed E-state index contributed by atoms with van der Waals surface area (Å²) in [4.78, 5) is 8.33. The summed E-state index contributed by atoms with van der Waals surface area (Å²) in [6, 6.07) is 0. The van der Waals surface area contributed by atoms with E-state index in [0.29, 0.717) is 5.15 Å². The summed E-state index contributed by atoms with van der Waals surface area (Å²) in [5.74, 6) is 0.841. The third-order valence-corrected chi connectivity index (χ3v) is 3.65. The topological polar surface area (TPSA) is 47.0 Å². The molecule has 1 atom stereocenters. The van der Waals surface area contributed by atoms with Crippen molar-refractivity contribution < 1.29 is 4.74 Å². The molecule has 0 bridgehead atoms. The molecule has 2 heterocycles. The molecule has 5 heteroatoms. The molecule has 1 fully saturated rings. The van der Waals surface area contributed by atoms with E-state index in [4.69, 9.17) is 16.3 Å². The molecule has 1 unspecified atom stereocenters. The largest absolute Gasteiger partial charge is 0.373 e. The van der Waals surface area contributed by atoms with E-state index in [0.717, 1.165) is 50.2 Å². The Bertz CT molecular complexity index is 405. The monoisotopic (exact) mass is 269 g/mol. The van der Waals surface area contributed by atoms with Crippen LogP contribution in [0.25, 0.3) is 0 Å². The van der Waals surface area contributed by atoms with Gasteiger partial charge in [-0.1, -0.05) is 24.9 Å². The van der Waals surface area contributed by atoms with Crippen LogP contribution < -0.4 is 5.32 Å². The smallest absolute Gasteiger partial charge is 0.137 e. The molecule has 1 saturated heterocycles. The zero-order chi connectivity index (χ0) is 13.0. The van der Waals surface area contributed by atoms with Gasteiger partial charge in [-0.2, -0.15) is 0 Å².